The van der Waals surface area contributed by atoms with Crippen molar-refractivity contribution >= 4 is 21.9 Å². The zero-order valence-corrected chi connectivity index (χ0v) is 25.6. The molecule has 9 aromatic rings. The highest BCUT2D eigenvalue weighted by Gasteiger charge is 2.20. The number of benzene rings is 7. The Balaban J connectivity index is 1.40. The molecule has 0 radical (unpaired) electrons. The third-order valence-corrected chi connectivity index (χ3v) is 8.15. The van der Waals surface area contributed by atoms with Gasteiger partial charge in [0, 0.05) is 21.9 Å². The zero-order valence-electron chi connectivity index (χ0n) is 36.6. The third kappa shape index (κ3) is 5.45. The highest BCUT2D eigenvalue weighted by atomic mass is 16.3. The first-order valence-corrected chi connectivity index (χ1v) is 15.5. The molecule has 49 heavy (non-hydrogen) atoms. The highest BCUT2D eigenvalue weighted by molar-refractivity contribution is 6.11. The van der Waals surface area contributed by atoms with Gasteiger partial charge in [-0.1, -0.05) is 151 Å². The van der Waals surface area contributed by atoms with Crippen molar-refractivity contribution in [1.82, 2.24) is 15.0 Å². The molecular weight excluding hydrogens is 599 g/mol. The van der Waals surface area contributed by atoms with E-state index >= 15 is 0 Å². The molecule has 0 fully saturated rings. The molecule has 0 spiro atoms. The Morgan fingerprint density at radius 3 is 1.73 bits per heavy atom. The smallest absolute Gasteiger partial charge is 0.167 e. The Kier molecular flexibility index (Phi) is 4.78. The van der Waals surface area contributed by atoms with Crippen LogP contribution >= 0.6 is 0 Å². The third-order valence-electron chi connectivity index (χ3n) is 8.15. The summed E-state index contributed by atoms with van der Waals surface area (Å²) >= 11 is 0. The summed E-state index contributed by atoms with van der Waals surface area (Å²) < 4.78 is 103. The van der Waals surface area contributed by atoms with Gasteiger partial charge in [0.2, 0.25) is 0 Å². The molecule has 2 aromatic heterocycles. The van der Waals surface area contributed by atoms with E-state index in [1.165, 1.54) is 0 Å². The van der Waals surface area contributed by atoms with Gasteiger partial charge in [-0.3, -0.25) is 0 Å². The maximum atomic E-state index is 9.73. The highest BCUT2D eigenvalue weighted by Crippen LogP contribution is 2.39. The lowest BCUT2D eigenvalue weighted by Gasteiger charge is -2.12. The number of furan rings is 1. The Morgan fingerprint density at radius 2 is 0.980 bits per heavy atom. The first-order chi connectivity index (χ1) is 28.8. The van der Waals surface area contributed by atoms with Gasteiger partial charge in [0.15, 0.2) is 17.5 Å². The average Bonchev–Trinajstić information content (AvgIpc) is 3.69. The van der Waals surface area contributed by atoms with Gasteiger partial charge in [-0.25, -0.2) is 15.0 Å². The monoisotopic (exact) mass is 638 g/mol. The molecule has 4 nitrogen and oxygen atoms in total. The molecule has 0 aliphatic carbocycles. The summed E-state index contributed by atoms with van der Waals surface area (Å²) in [4.78, 5) is 14.7. The largest absolute Gasteiger partial charge is 0.455 e. The minimum atomic E-state index is -0.688. The molecule has 230 valence electrons. The molecule has 0 atom stereocenters. The lowest BCUT2D eigenvalue weighted by molar-refractivity contribution is 0.669. The molecule has 0 N–H and O–H groups in total. The fourth-order valence-corrected chi connectivity index (χ4v) is 5.77. The number of hydrogen-bond acceptors (Lipinski definition) is 4. The van der Waals surface area contributed by atoms with Gasteiger partial charge in [-0.2, -0.15) is 0 Å². The standard InChI is InChI=1S/C45H29N3O/c1-4-13-30(14-5-1)33-23-25-34(26-24-33)43-46-44(36-20-12-19-35(27-36)31-15-6-2-7-16-31)48-45(47-43)40-29-37(32-17-8-3-9-18-32)28-39-38-21-10-11-22-41(38)49-42(39)40/h1-29H/i3D,8D,9D,10D,11D,17D,18D,21D,22D,28D,29D. The minimum absolute atomic E-state index is 0.148. The number of nitrogens with zero attached hydrogens (tertiary/aromatic N) is 3. The van der Waals surface area contributed by atoms with Crippen molar-refractivity contribution in [2.24, 2.45) is 0 Å². The summed E-state index contributed by atoms with van der Waals surface area (Å²) in [6, 6.07) is 27.9. The fourth-order valence-electron chi connectivity index (χ4n) is 5.77. The van der Waals surface area contributed by atoms with E-state index in [1.54, 1.807) is 0 Å². The summed E-state index contributed by atoms with van der Waals surface area (Å²) in [5.41, 5.74) is 3.36. The van der Waals surface area contributed by atoms with Crippen molar-refractivity contribution in [2.75, 3.05) is 0 Å². The lowest BCUT2D eigenvalue weighted by atomic mass is 9.98. The van der Waals surface area contributed by atoms with Crippen molar-refractivity contribution in [1.29, 1.82) is 0 Å². The Bertz CT molecular complexity index is 3180. The topological polar surface area (TPSA) is 51.8 Å². The number of para-hydroxylation sites is 1. The predicted octanol–water partition coefficient (Wildman–Crippen LogP) is 11.8. The van der Waals surface area contributed by atoms with Crippen LogP contribution in [0, 0.1) is 0 Å². The fraction of sp³-hybridized carbons (Fsp3) is 0. The maximum absolute atomic E-state index is 9.73. The second kappa shape index (κ2) is 12.2. The minimum Gasteiger partial charge on any atom is -0.455 e. The second-order valence-electron chi connectivity index (χ2n) is 11.2. The van der Waals surface area contributed by atoms with E-state index in [2.05, 4.69) is 0 Å². The predicted molar refractivity (Wildman–Crippen MR) is 200 cm³/mol. The van der Waals surface area contributed by atoms with E-state index in [9.17, 15) is 2.74 Å². The number of fused-ring (bicyclic) bond motifs is 3. The molecule has 0 unspecified atom stereocenters. The molecule has 0 bridgehead atoms. The zero-order chi connectivity index (χ0) is 42.1. The summed E-state index contributed by atoms with van der Waals surface area (Å²) in [5.74, 6) is 0.226. The molecule has 4 heteroatoms. The van der Waals surface area contributed by atoms with Gasteiger partial charge >= 0.3 is 0 Å². The molecule has 0 aliphatic heterocycles. The van der Waals surface area contributed by atoms with Crippen LogP contribution in [-0.2, 0) is 0 Å². The van der Waals surface area contributed by atoms with Crippen LogP contribution in [0.3, 0.4) is 0 Å². The summed E-state index contributed by atoms with van der Waals surface area (Å²) in [5, 5.41) is -0.357. The molecule has 0 amide bonds. The Morgan fingerprint density at radius 1 is 0.408 bits per heavy atom. The molecule has 0 aliphatic rings. The van der Waals surface area contributed by atoms with Gasteiger partial charge in [-0.15, -0.1) is 0 Å². The molecule has 7 aromatic carbocycles. The van der Waals surface area contributed by atoms with Gasteiger partial charge in [-0.05, 0) is 57.6 Å². The van der Waals surface area contributed by atoms with Crippen LogP contribution in [0.15, 0.2) is 180 Å². The summed E-state index contributed by atoms with van der Waals surface area (Å²) in [6.07, 6.45) is 0. The van der Waals surface area contributed by atoms with Gasteiger partial charge in [0.05, 0.1) is 20.6 Å². The van der Waals surface area contributed by atoms with Gasteiger partial charge < -0.3 is 4.42 Å². The van der Waals surface area contributed by atoms with Crippen molar-refractivity contribution in [3.05, 3.63) is 176 Å². The molecule has 9 rings (SSSR count). The van der Waals surface area contributed by atoms with E-state index in [1.807, 2.05) is 109 Å². The van der Waals surface area contributed by atoms with Crippen molar-refractivity contribution in [3.63, 3.8) is 0 Å². The second-order valence-corrected chi connectivity index (χ2v) is 11.2. The van der Waals surface area contributed by atoms with Crippen LogP contribution in [0.5, 0.6) is 0 Å². The van der Waals surface area contributed by atoms with Crippen molar-refractivity contribution in [2.45, 2.75) is 0 Å². The molecule has 0 saturated heterocycles. The summed E-state index contributed by atoms with van der Waals surface area (Å²) in [6.45, 7) is 0. The van der Waals surface area contributed by atoms with E-state index < -0.39 is 77.6 Å². The molecule has 0 saturated carbocycles. The summed E-state index contributed by atoms with van der Waals surface area (Å²) in [7, 11) is 0. The van der Waals surface area contributed by atoms with Crippen LogP contribution in [0.2, 0.25) is 0 Å². The Labute approximate surface area is 299 Å². The van der Waals surface area contributed by atoms with Gasteiger partial charge in [0.1, 0.15) is 11.2 Å². The van der Waals surface area contributed by atoms with Crippen LogP contribution in [0.25, 0.3) is 89.5 Å². The van der Waals surface area contributed by atoms with Crippen LogP contribution in [0.1, 0.15) is 15.1 Å². The Hall–Kier alpha value is -6.65. The number of hydrogen-bond donors (Lipinski definition) is 0. The van der Waals surface area contributed by atoms with E-state index in [0.29, 0.717) is 11.1 Å². The van der Waals surface area contributed by atoms with Crippen molar-refractivity contribution in [3.8, 4) is 67.5 Å². The van der Waals surface area contributed by atoms with Crippen LogP contribution in [-0.4, -0.2) is 15.0 Å². The van der Waals surface area contributed by atoms with E-state index in [-0.39, 0.29) is 45.0 Å². The van der Waals surface area contributed by atoms with Crippen molar-refractivity contribution < 1.29 is 19.5 Å². The lowest BCUT2D eigenvalue weighted by Crippen LogP contribution is -2.01. The molecular formula is C45H29N3O. The van der Waals surface area contributed by atoms with E-state index in [0.717, 1.165) is 22.3 Å². The first-order valence-electron chi connectivity index (χ1n) is 21.0. The van der Waals surface area contributed by atoms with Gasteiger partial charge in [0.25, 0.3) is 0 Å². The normalized spacial score (nSPS) is 14.4. The SMILES string of the molecule is [2H]c1c([2H])c([2H])c(-c2c([2H])c(-c3nc(-c4ccc(-c5ccccc5)cc4)nc(-c4cccc(-c5ccccc5)c4)n3)c3oc4c([2H])c([2H])c([2H])c([2H])c4c3c2[2H])c([2H])c1[2H]. The first kappa shape index (κ1) is 19.2. The van der Waals surface area contributed by atoms with Crippen LogP contribution < -0.4 is 0 Å². The average molecular weight is 639 g/mol. The number of rotatable bonds is 6. The van der Waals surface area contributed by atoms with E-state index in [4.69, 9.17) is 31.7 Å². The quantitative estimate of drug-likeness (QED) is 0.182. The maximum Gasteiger partial charge on any atom is 0.167 e. The number of aromatic nitrogens is 3. The van der Waals surface area contributed by atoms with Crippen LogP contribution in [0.4, 0.5) is 0 Å². The molecule has 2 heterocycles.